The van der Waals surface area contributed by atoms with Crippen molar-refractivity contribution in [1.29, 1.82) is 0 Å². The molecule has 1 aliphatic rings. The SMILES string of the molecule is COC(=O)C1=C(C)CC(C)=C([N+](=O)[O-])[CH]1. The summed E-state index contributed by atoms with van der Waals surface area (Å²) in [5.41, 5.74) is 1.73. The summed E-state index contributed by atoms with van der Waals surface area (Å²) in [6.07, 6.45) is 1.72. The Morgan fingerprint density at radius 1 is 1.47 bits per heavy atom. The van der Waals surface area contributed by atoms with Gasteiger partial charge in [0.05, 0.1) is 24.0 Å². The minimum absolute atomic E-state index is 0.0130. The van der Waals surface area contributed by atoms with Gasteiger partial charge < -0.3 is 4.74 Å². The van der Waals surface area contributed by atoms with Crippen LogP contribution >= 0.6 is 0 Å². The van der Waals surface area contributed by atoms with Crippen molar-refractivity contribution < 1.29 is 14.5 Å². The highest BCUT2D eigenvalue weighted by molar-refractivity contribution is 5.92. The molecular formula is C10H12NO4. The van der Waals surface area contributed by atoms with Gasteiger partial charge in [-0.25, -0.2) is 4.79 Å². The zero-order valence-corrected chi connectivity index (χ0v) is 8.86. The molecule has 0 saturated carbocycles. The summed E-state index contributed by atoms with van der Waals surface area (Å²) in [5, 5.41) is 10.7. The standard InChI is InChI=1S/C10H12NO4/c1-6-4-7(2)9(11(13)14)5-8(6)10(12)15-3/h5H,4H2,1-3H3. The predicted octanol–water partition coefficient (Wildman–Crippen LogP) is 1.63. The number of nitro groups is 1. The van der Waals surface area contributed by atoms with Gasteiger partial charge in [0.1, 0.15) is 0 Å². The van der Waals surface area contributed by atoms with E-state index in [9.17, 15) is 14.9 Å². The van der Waals surface area contributed by atoms with Gasteiger partial charge in [-0.05, 0) is 20.3 Å². The third-order valence-corrected chi connectivity index (χ3v) is 2.31. The summed E-state index contributed by atoms with van der Waals surface area (Å²) >= 11 is 0. The average molecular weight is 210 g/mol. The zero-order valence-electron chi connectivity index (χ0n) is 8.86. The van der Waals surface area contributed by atoms with E-state index in [1.165, 1.54) is 13.5 Å². The van der Waals surface area contributed by atoms with E-state index in [4.69, 9.17) is 0 Å². The van der Waals surface area contributed by atoms with E-state index in [0.717, 1.165) is 5.57 Å². The second kappa shape index (κ2) is 4.25. The van der Waals surface area contributed by atoms with Crippen molar-refractivity contribution in [1.82, 2.24) is 0 Å². The first-order valence-corrected chi connectivity index (χ1v) is 4.44. The summed E-state index contributed by atoms with van der Waals surface area (Å²) in [6.45, 7) is 3.45. The molecule has 0 aromatic rings. The maximum Gasteiger partial charge on any atom is 0.334 e. The Morgan fingerprint density at radius 2 is 2.07 bits per heavy atom. The molecule has 81 valence electrons. The fraction of sp³-hybridized carbons (Fsp3) is 0.400. The normalized spacial score (nSPS) is 16.7. The molecule has 0 spiro atoms. The number of carbonyl (C=O) groups is 1. The first kappa shape index (κ1) is 11.4. The van der Waals surface area contributed by atoms with Crippen molar-refractivity contribution in [3.63, 3.8) is 0 Å². The van der Waals surface area contributed by atoms with Gasteiger partial charge in [0.15, 0.2) is 0 Å². The second-order valence-electron chi connectivity index (χ2n) is 3.43. The van der Waals surface area contributed by atoms with Crippen molar-refractivity contribution in [3.8, 4) is 0 Å². The number of hydrogen-bond donors (Lipinski definition) is 0. The Bertz CT molecular complexity index is 379. The quantitative estimate of drug-likeness (QED) is 0.394. The van der Waals surface area contributed by atoms with Crippen LogP contribution in [0, 0.1) is 16.5 Å². The number of rotatable bonds is 2. The lowest BCUT2D eigenvalue weighted by Crippen LogP contribution is -2.16. The summed E-state index contributed by atoms with van der Waals surface area (Å²) in [5.74, 6) is -0.528. The van der Waals surface area contributed by atoms with E-state index in [2.05, 4.69) is 4.74 Å². The van der Waals surface area contributed by atoms with Crippen LogP contribution < -0.4 is 0 Å². The maximum absolute atomic E-state index is 11.3. The van der Waals surface area contributed by atoms with Gasteiger partial charge in [0.2, 0.25) is 0 Å². The van der Waals surface area contributed by atoms with Crippen LogP contribution in [-0.2, 0) is 9.53 Å². The van der Waals surface area contributed by atoms with Crippen molar-refractivity contribution in [2.24, 2.45) is 0 Å². The van der Waals surface area contributed by atoms with Crippen LogP contribution in [0.15, 0.2) is 22.4 Å². The molecule has 15 heavy (non-hydrogen) atoms. The fourth-order valence-corrected chi connectivity index (χ4v) is 1.52. The predicted molar refractivity (Wildman–Crippen MR) is 53.3 cm³/mol. The molecule has 0 heterocycles. The number of esters is 1. The van der Waals surface area contributed by atoms with Gasteiger partial charge in [0.25, 0.3) is 5.70 Å². The first-order valence-electron chi connectivity index (χ1n) is 4.44. The van der Waals surface area contributed by atoms with E-state index in [0.29, 0.717) is 12.0 Å². The summed E-state index contributed by atoms with van der Waals surface area (Å²) in [6, 6.07) is 0. The lowest BCUT2D eigenvalue weighted by Gasteiger charge is -2.15. The van der Waals surface area contributed by atoms with Gasteiger partial charge in [0, 0.05) is 5.57 Å². The van der Waals surface area contributed by atoms with E-state index < -0.39 is 10.9 Å². The molecule has 0 aromatic carbocycles. The molecule has 1 rings (SSSR count). The van der Waals surface area contributed by atoms with Crippen LogP contribution in [-0.4, -0.2) is 18.0 Å². The average Bonchev–Trinajstić information content (AvgIpc) is 2.16. The molecule has 0 fully saturated rings. The third-order valence-electron chi connectivity index (χ3n) is 2.31. The van der Waals surface area contributed by atoms with Crippen molar-refractivity contribution in [2.45, 2.75) is 20.3 Å². The fourth-order valence-electron chi connectivity index (χ4n) is 1.52. The van der Waals surface area contributed by atoms with E-state index in [-0.39, 0.29) is 11.3 Å². The topological polar surface area (TPSA) is 69.4 Å². The molecule has 1 aliphatic carbocycles. The molecule has 0 unspecified atom stereocenters. The van der Waals surface area contributed by atoms with Crippen LogP contribution in [0.25, 0.3) is 0 Å². The lowest BCUT2D eigenvalue weighted by atomic mass is 9.91. The Labute approximate surface area is 87.6 Å². The van der Waals surface area contributed by atoms with E-state index in [1.807, 2.05) is 0 Å². The smallest absolute Gasteiger partial charge is 0.334 e. The lowest BCUT2D eigenvalue weighted by molar-refractivity contribution is -0.422. The summed E-state index contributed by atoms with van der Waals surface area (Å²) in [7, 11) is 1.26. The number of methoxy groups -OCH3 is 1. The number of hydrogen-bond acceptors (Lipinski definition) is 4. The Morgan fingerprint density at radius 3 is 2.53 bits per heavy atom. The molecular weight excluding hydrogens is 198 g/mol. The Hall–Kier alpha value is -1.65. The molecule has 0 bridgehead atoms. The second-order valence-corrected chi connectivity index (χ2v) is 3.43. The highest BCUT2D eigenvalue weighted by atomic mass is 16.6. The number of nitrogens with zero attached hydrogens (tertiary/aromatic N) is 1. The highest BCUT2D eigenvalue weighted by Crippen LogP contribution is 2.29. The minimum Gasteiger partial charge on any atom is -0.466 e. The van der Waals surface area contributed by atoms with Gasteiger partial charge in [-0.15, -0.1) is 0 Å². The van der Waals surface area contributed by atoms with Crippen molar-refractivity contribution >= 4 is 5.97 Å². The molecule has 0 aliphatic heterocycles. The molecule has 0 amide bonds. The van der Waals surface area contributed by atoms with Gasteiger partial charge >= 0.3 is 5.97 Å². The van der Waals surface area contributed by atoms with Gasteiger partial charge in [-0.1, -0.05) is 5.57 Å². The molecule has 0 N–H and O–H groups in total. The molecule has 5 heteroatoms. The molecule has 0 atom stereocenters. The number of carbonyl (C=O) groups excluding carboxylic acids is 1. The first-order chi connectivity index (χ1) is 6.97. The third kappa shape index (κ3) is 2.23. The van der Waals surface area contributed by atoms with Crippen LogP contribution in [0.3, 0.4) is 0 Å². The summed E-state index contributed by atoms with van der Waals surface area (Å²) in [4.78, 5) is 21.5. The molecule has 0 aromatic heterocycles. The van der Waals surface area contributed by atoms with Crippen molar-refractivity contribution in [2.75, 3.05) is 7.11 Å². The number of ether oxygens (including phenoxy) is 1. The van der Waals surface area contributed by atoms with Crippen LogP contribution in [0.2, 0.25) is 0 Å². The van der Waals surface area contributed by atoms with E-state index >= 15 is 0 Å². The minimum atomic E-state index is -0.528. The highest BCUT2D eigenvalue weighted by Gasteiger charge is 2.28. The largest absolute Gasteiger partial charge is 0.466 e. The monoisotopic (exact) mass is 210 g/mol. The Kier molecular flexibility index (Phi) is 3.24. The zero-order chi connectivity index (χ0) is 11.6. The molecule has 1 radical (unpaired) electrons. The Balaban J connectivity index is 3.00. The van der Waals surface area contributed by atoms with E-state index in [1.54, 1.807) is 13.8 Å². The van der Waals surface area contributed by atoms with Crippen LogP contribution in [0.5, 0.6) is 0 Å². The van der Waals surface area contributed by atoms with Gasteiger partial charge in [-0.2, -0.15) is 0 Å². The van der Waals surface area contributed by atoms with Crippen LogP contribution in [0.4, 0.5) is 0 Å². The molecule has 0 saturated heterocycles. The van der Waals surface area contributed by atoms with Crippen molar-refractivity contribution in [3.05, 3.63) is 39.0 Å². The molecule has 5 nitrogen and oxygen atoms in total. The van der Waals surface area contributed by atoms with Crippen LogP contribution in [0.1, 0.15) is 20.3 Å². The maximum atomic E-state index is 11.3. The number of allylic oxidation sites excluding steroid dienone is 3. The summed E-state index contributed by atoms with van der Waals surface area (Å²) < 4.78 is 4.55. The van der Waals surface area contributed by atoms with Gasteiger partial charge in [-0.3, -0.25) is 10.1 Å².